The number of rotatable bonds is 6. The maximum absolute atomic E-state index is 5.19. The van der Waals surface area contributed by atoms with Gasteiger partial charge in [0.15, 0.2) is 6.29 Å². The van der Waals surface area contributed by atoms with Crippen LogP contribution < -0.4 is 10.1 Å². The predicted octanol–water partition coefficient (Wildman–Crippen LogP) is 2.03. The number of anilines is 1. The van der Waals surface area contributed by atoms with Crippen LogP contribution >= 0.6 is 0 Å². The van der Waals surface area contributed by atoms with Gasteiger partial charge < -0.3 is 19.5 Å². The first-order valence-corrected chi connectivity index (χ1v) is 5.15. The van der Waals surface area contributed by atoms with E-state index in [1.165, 1.54) is 0 Å². The van der Waals surface area contributed by atoms with Crippen LogP contribution in [-0.4, -0.2) is 34.2 Å². The Bertz CT molecular complexity index is 324. The summed E-state index contributed by atoms with van der Waals surface area (Å²) in [6.07, 6.45) is -0.234. The molecular formula is C12H19NO3. The van der Waals surface area contributed by atoms with Crippen LogP contribution in [0.5, 0.6) is 5.75 Å². The van der Waals surface area contributed by atoms with Gasteiger partial charge in [0.2, 0.25) is 0 Å². The van der Waals surface area contributed by atoms with E-state index in [4.69, 9.17) is 14.2 Å². The zero-order chi connectivity index (χ0) is 12.0. The maximum atomic E-state index is 5.19. The number of hydrogen-bond acceptors (Lipinski definition) is 4. The molecule has 0 aliphatic rings. The van der Waals surface area contributed by atoms with Crippen molar-refractivity contribution >= 4 is 5.69 Å². The number of aryl methyl sites for hydroxylation is 1. The molecule has 0 atom stereocenters. The van der Waals surface area contributed by atoms with E-state index in [1.807, 2.05) is 25.1 Å². The van der Waals surface area contributed by atoms with E-state index in [2.05, 4.69) is 5.32 Å². The van der Waals surface area contributed by atoms with Crippen LogP contribution in [0.3, 0.4) is 0 Å². The molecule has 0 aromatic heterocycles. The fourth-order valence-electron chi connectivity index (χ4n) is 1.45. The minimum absolute atomic E-state index is 0.234. The molecule has 16 heavy (non-hydrogen) atoms. The van der Waals surface area contributed by atoms with Gasteiger partial charge in [0.05, 0.1) is 13.7 Å². The Labute approximate surface area is 96.5 Å². The fraction of sp³-hybridized carbons (Fsp3) is 0.500. The van der Waals surface area contributed by atoms with E-state index >= 15 is 0 Å². The standard InChI is InChI=1S/C12H19NO3/c1-9-7-10(5-6-11(9)14-2)13-8-12(15-3)16-4/h5-7,12-13H,8H2,1-4H3. The van der Waals surface area contributed by atoms with Gasteiger partial charge in [-0.05, 0) is 30.7 Å². The van der Waals surface area contributed by atoms with E-state index in [9.17, 15) is 0 Å². The highest BCUT2D eigenvalue weighted by Gasteiger charge is 2.05. The molecule has 0 amide bonds. The first kappa shape index (κ1) is 12.8. The Hall–Kier alpha value is -1.26. The van der Waals surface area contributed by atoms with Crippen molar-refractivity contribution < 1.29 is 14.2 Å². The van der Waals surface area contributed by atoms with Gasteiger partial charge in [-0.25, -0.2) is 0 Å². The second kappa shape index (κ2) is 6.35. The predicted molar refractivity (Wildman–Crippen MR) is 64.0 cm³/mol. The lowest BCUT2D eigenvalue weighted by atomic mass is 10.2. The number of ether oxygens (including phenoxy) is 3. The highest BCUT2D eigenvalue weighted by molar-refractivity contribution is 5.50. The van der Waals surface area contributed by atoms with Crippen LogP contribution in [0, 0.1) is 6.92 Å². The molecular weight excluding hydrogens is 206 g/mol. The zero-order valence-corrected chi connectivity index (χ0v) is 10.2. The lowest BCUT2D eigenvalue weighted by Gasteiger charge is -2.15. The number of nitrogens with one attached hydrogen (secondary N) is 1. The highest BCUT2D eigenvalue weighted by atomic mass is 16.7. The second-order valence-corrected chi connectivity index (χ2v) is 3.47. The lowest BCUT2D eigenvalue weighted by Crippen LogP contribution is -2.23. The van der Waals surface area contributed by atoms with E-state index in [-0.39, 0.29) is 6.29 Å². The van der Waals surface area contributed by atoms with Gasteiger partial charge in [0.1, 0.15) is 5.75 Å². The summed E-state index contributed by atoms with van der Waals surface area (Å²) in [6, 6.07) is 5.93. The van der Waals surface area contributed by atoms with Gasteiger partial charge in [-0.2, -0.15) is 0 Å². The molecule has 4 nitrogen and oxygen atoms in total. The van der Waals surface area contributed by atoms with Gasteiger partial charge >= 0.3 is 0 Å². The molecule has 1 aromatic carbocycles. The van der Waals surface area contributed by atoms with E-state index in [0.29, 0.717) is 6.54 Å². The summed E-state index contributed by atoms with van der Waals surface area (Å²) in [5, 5.41) is 3.23. The topological polar surface area (TPSA) is 39.7 Å². The third-order valence-corrected chi connectivity index (χ3v) is 2.39. The SMILES string of the molecule is COc1ccc(NCC(OC)OC)cc1C. The van der Waals surface area contributed by atoms with Gasteiger partial charge in [-0.15, -0.1) is 0 Å². The van der Waals surface area contributed by atoms with Crippen LogP contribution in [0.1, 0.15) is 5.56 Å². The van der Waals surface area contributed by atoms with Gasteiger partial charge in [0, 0.05) is 19.9 Å². The van der Waals surface area contributed by atoms with Crippen LogP contribution in [0.15, 0.2) is 18.2 Å². The van der Waals surface area contributed by atoms with Crippen LogP contribution in [-0.2, 0) is 9.47 Å². The molecule has 0 unspecified atom stereocenters. The summed E-state index contributed by atoms with van der Waals surface area (Å²) < 4.78 is 15.4. The summed E-state index contributed by atoms with van der Waals surface area (Å²) in [5.41, 5.74) is 2.12. The molecule has 0 spiro atoms. The molecule has 1 N–H and O–H groups in total. The van der Waals surface area contributed by atoms with Crippen molar-refractivity contribution in [3.05, 3.63) is 23.8 Å². The highest BCUT2D eigenvalue weighted by Crippen LogP contribution is 2.21. The monoisotopic (exact) mass is 225 g/mol. The first-order chi connectivity index (χ1) is 7.71. The van der Waals surface area contributed by atoms with E-state index in [1.54, 1.807) is 21.3 Å². The third kappa shape index (κ3) is 3.40. The quantitative estimate of drug-likeness (QED) is 0.752. The molecule has 0 aliphatic carbocycles. The maximum Gasteiger partial charge on any atom is 0.173 e. The van der Waals surface area contributed by atoms with Gasteiger partial charge in [0.25, 0.3) is 0 Å². The number of benzene rings is 1. The van der Waals surface area contributed by atoms with Crippen molar-refractivity contribution in [1.82, 2.24) is 0 Å². The Morgan fingerprint density at radius 2 is 1.88 bits per heavy atom. The van der Waals surface area contributed by atoms with Crippen LogP contribution in [0.25, 0.3) is 0 Å². The molecule has 1 aromatic rings. The molecule has 0 bridgehead atoms. The normalized spacial score (nSPS) is 10.6. The molecule has 0 saturated heterocycles. The molecule has 0 saturated carbocycles. The minimum atomic E-state index is -0.234. The average Bonchev–Trinajstić information content (AvgIpc) is 2.30. The smallest absolute Gasteiger partial charge is 0.173 e. The van der Waals surface area contributed by atoms with Crippen molar-refractivity contribution in [2.75, 3.05) is 33.2 Å². The largest absolute Gasteiger partial charge is 0.496 e. The molecule has 0 aliphatic heterocycles. The lowest BCUT2D eigenvalue weighted by molar-refractivity contribution is -0.0914. The van der Waals surface area contributed by atoms with Gasteiger partial charge in [-0.3, -0.25) is 0 Å². The van der Waals surface area contributed by atoms with Gasteiger partial charge in [-0.1, -0.05) is 0 Å². The second-order valence-electron chi connectivity index (χ2n) is 3.47. The third-order valence-electron chi connectivity index (χ3n) is 2.39. The molecule has 0 radical (unpaired) electrons. The molecule has 4 heteroatoms. The molecule has 0 fully saturated rings. The summed E-state index contributed by atoms with van der Waals surface area (Å²) in [7, 11) is 4.91. The Morgan fingerprint density at radius 1 is 1.19 bits per heavy atom. The molecule has 90 valence electrons. The zero-order valence-electron chi connectivity index (χ0n) is 10.2. The Balaban J connectivity index is 2.58. The summed E-state index contributed by atoms with van der Waals surface area (Å²) in [4.78, 5) is 0. The van der Waals surface area contributed by atoms with Crippen LogP contribution in [0.2, 0.25) is 0 Å². The Morgan fingerprint density at radius 3 is 2.38 bits per heavy atom. The first-order valence-electron chi connectivity index (χ1n) is 5.15. The number of hydrogen-bond donors (Lipinski definition) is 1. The van der Waals surface area contributed by atoms with E-state index in [0.717, 1.165) is 17.0 Å². The van der Waals surface area contributed by atoms with Crippen molar-refractivity contribution in [2.24, 2.45) is 0 Å². The van der Waals surface area contributed by atoms with Crippen LogP contribution in [0.4, 0.5) is 5.69 Å². The molecule has 0 heterocycles. The number of methoxy groups -OCH3 is 3. The van der Waals surface area contributed by atoms with Crippen molar-refractivity contribution in [2.45, 2.75) is 13.2 Å². The average molecular weight is 225 g/mol. The minimum Gasteiger partial charge on any atom is -0.496 e. The van der Waals surface area contributed by atoms with Crippen molar-refractivity contribution in [1.29, 1.82) is 0 Å². The van der Waals surface area contributed by atoms with E-state index < -0.39 is 0 Å². The molecule has 1 rings (SSSR count). The van der Waals surface area contributed by atoms with Crippen molar-refractivity contribution in [3.63, 3.8) is 0 Å². The van der Waals surface area contributed by atoms with Crippen molar-refractivity contribution in [3.8, 4) is 5.75 Å². The summed E-state index contributed by atoms with van der Waals surface area (Å²) in [5.74, 6) is 0.889. The Kier molecular flexibility index (Phi) is 5.08. The fourth-order valence-corrected chi connectivity index (χ4v) is 1.45. The summed E-state index contributed by atoms with van der Waals surface area (Å²) in [6.45, 7) is 2.62. The summed E-state index contributed by atoms with van der Waals surface area (Å²) >= 11 is 0.